The van der Waals surface area contributed by atoms with Gasteiger partial charge in [0.1, 0.15) is 0 Å². The van der Waals surface area contributed by atoms with E-state index in [1.165, 1.54) is 32.1 Å². The van der Waals surface area contributed by atoms with E-state index in [0.29, 0.717) is 0 Å². The van der Waals surface area contributed by atoms with Crippen molar-refractivity contribution in [3.8, 4) is 0 Å². The summed E-state index contributed by atoms with van der Waals surface area (Å²) >= 11 is 8.74. The van der Waals surface area contributed by atoms with Crippen molar-refractivity contribution in [1.82, 2.24) is 0 Å². The fourth-order valence-corrected chi connectivity index (χ4v) is 0.898. The van der Waals surface area contributed by atoms with Gasteiger partial charge in [0.15, 0.2) is 0 Å². The molecule has 10 heavy (non-hydrogen) atoms. The fraction of sp³-hybridized carbons (Fsp3) is 0.833. The molecule has 0 nitrogen and oxygen atoms in total. The Balaban J connectivity index is 0.000000180. The van der Waals surface area contributed by atoms with E-state index in [9.17, 15) is 0 Å². The minimum atomic E-state index is -1.20. The van der Waals surface area contributed by atoms with E-state index in [-0.39, 0.29) is 0 Å². The molecule has 0 spiro atoms. The molecule has 0 aromatic rings. The van der Waals surface area contributed by atoms with E-state index < -0.39 is 13.1 Å². The Bertz CT molecular complexity index is 49.7. The van der Waals surface area contributed by atoms with E-state index in [4.69, 9.17) is 0 Å². The Morgan fingerprint density at radius 1 is 0.900 bits per heavy atom. The molecule has 0 heterocycles. The molecule has 0 unspecified atom stereocenters. The maximum absolute atomic E-state index is 3.31. The Labute approximate surface area is 88.5 Å². The van der Waals surface area contributed by atoms with Gasteiger partial charge in [-0.3, -0.25) is 0 Å². The van der Waals surface area contributed by atoms with Gasteiger partial charge >= 0.3 is 51.2 Å². The number of hydrogen-bond acceptors (Lipinski definition) is 0. The SMILES string of the molecule is [Br][SnH]([Br])[Br].[CH]1CCCCC1. The van der Waals surface area contributed by atoms with Crippen LogP contribution in [0.5, 0.6) is 0 Å². The summed E-state index contributed by atoms with van der Waals surface area (Å²) in [5.74, 6) is 0. The van der Waals surface area contributed by atoms with E-state index in [1.807, 2.05) is 0 Å². The van der Waals surface area contributed by atoms with Crippen LogP contribution in [0.3, 0.4) is 0 Å². The van der Waals surface area contributed by atoms with Crippen LogP contribution in [0.1, 0.15) is 32.1 Å². The average molecular weight is 443 g/mol. The van der Waals surface area contributed by atoms with Crippen molar-refractivity contribution in [2.24, 2.45) is 0 Å². The van der Waals surface area contributed by atoms with Crippen molar-refractivity contribution in [2.45, 2.75) is 32.1 Å². The van der Waals surface area contributed by atoms with Gasteiger partial charge in [0.2, 0.25) is 0 Å². The summed E-state index contributed by atoms with van der Waals surface area (Å²) in [7, 11) is 0. The quantitative estimate of drug-likeness (QED) is 0.497. The van der Waals surface area contributed by atoms with Crippen molar-refractivity contribution in [2.75, 3.05) is 0 Å². The second-order valence-corrected chi connectivity index (χ2v) is 46.7. The van der Waals surface area contributed by atoms with E-state index >= 15 is 0 Å². The zero-order chi connectivity index (χ0) is 7.82. The molecule has 1 saturated carbocycles. The number of halogens is 3. The summed E-state index contributed by atoms with van der Waals surface area (Å²) in [6, 6.07) is 0. The summed E-state index contributed by atoms with van der Waals surface area (Å²) in [4.78, 5) is 0. The molecule has 1 radical (unpaired) electrons. The smallest absolute Gasteiger partial charge is 0.0386 e. The summed E-state index contributed by atoms with van der Waals surface area (Å²) in [6.45, 7) is 0. The van der Waals surface area contributed by atoms with Crippen molar-refractivity contribution >= 4 is 51.2 Å². The van der Waals surface area contributed by atoms with Crippen LogP contribution >= 0.6 is 38.1 Å². The maximum atomic E-state index is 3.31. The van der Waals surface area contributed by atoms with Crippen LogP contribution in [0.2, 0.25) is 0 Å². The summed E-state index contributed by atoms with van der Waals surface area (Å²) in [6.07, 6.45) is 9.50. The second-order valence-electron chi connectivity index (χ2n) is 2.17. The van der Waals surface area contributed by atoms with Gasteiger partial charge in [-0.15, -0.1) is 0 Å². The Morgan fingerprint density at radius 2 is 1.30 bits per heavy atom. The molecule has 61 valence electrons. The molecule has 1 aliphatic carbocycles. The van der Waals surface area contributed by atoms with Crippen LogP contribution in [0.4, 0.5) is 0 Å². The summed E-state index contributed by atoms with van der Waals surface area (Å²) in [5.41, 5.74) is 0. The van der Waals surface area contributed by atoms with Gasteiger partial charge in [-0.25, -0.2) is 0 Å². The zero-order valence-electron chi connectivity index (χ0n) is 5.82. The van der Waals surface area contributed by atoms with E-state index in [2.05, 4.69) is 44.5 Å². The largest absolute Gasteiger partial charge is 0.0533 e. The minimum Gasteiger partial charge on any atom is -0.0533 e. The van der Waals surface area contributed by atoms with Gasteiger partial charge in [-0.2, -0.15) is 0 Å². The topological polar surface area (TPSA) is 0 Å². The van der Waals surface area contributed by atoms with Crippen molar-refractivity contribution in [3.05, 3.63) is 6.42 Å². The van der Waals surface area contributed by atoms with Crippen molar-refractivity contribution in [3.63, 3.8) is 0 Å². The minimum absolute atomic E-state index is 1.20. The zero-order valence-corrected chi connectivity index (χ0v) is 13.9. The Kier molecular flexibility index (Phi) is 11.4. The standard InChI is InChI=1S/C6H11.3BrH.Sn.H/c1-2-4-6-5-3-1;;;;;/h1H,2-6H2;3*1H;;/q;;;;+3;/p-3. The summed E-state index contributed by atoms with van der Waals surface area (Å²) < 4.78 is 0. The van der Waals surface area contributed by atoms with E-state index in [1.54, 1.807) is 0 Å². The second kappa shape index (κ2) is 9.33. The molecule has 0 N–H and O–H groups in total. The number of rotatable bonds is 0. The molecule has 0 aliphatic heterocycles. The molecular weight excluding hydrogens is 430 g/mol. The predicted octanol–water partition coefficient (Wildman–Crippen LogP) is 4.04. The monoisotopic (exact) mass is 441 g/mol. The third-order valence-corrected chi connectivity index (χ3v) is 1.32. The molecule has 4 heteroatoms. The molecule has 1 aliphatic rings. The first-order valence-corrected chi connectivity index (χ1v) is 25.6. The normalized spacial score (nSPS) is 18.0. The molecular formula is C6H12Br3Sn. The van der Waals surface area contributed by atoms with Crippen LogP contribution in [-0.4, -0.2) is 13.1 Å². The molecule has 0 atom stereocenters. The molecule has 1 fully saturated rings. The van der Waals surface area contributed by atoms with Gasteiger partial charge in [0.05, 0.1) is 0 Å². The van der Waals surface area contributed by atoms with Gasteiger partial charge in [-0.05, 0) is 6.42 Å². The Morgan fingerprint density at radius 3 is 1.40 bits per heavy atom. The van der Waals surface area contributed by atoms with Gasteiger partial charge in [-0.1, -0.05) is 32.1 Å². The third kappa shape index (κ3) is 12.9. The van der Waals surface area contributed by atoms with Crippen LogP contribution < -0.4 is 0 Å². The first kappa shape index (κ1) is 12.2. The van der Waals surface area contributed by atoms with Crippen molar-refractivity contribution in [1.29, 1.82) is 0 Å². The average Bonchev–Trinajstić information content (AvgIpc) is 1.90. The fourth-order valence-electron chi connectivity index (χ4n) is 0.898. The van der Waals surface area contributed by atoms with Crippen molar-refractivity contribution < 1.29 is 0 Å². The molecule has 0 amide bonds. The predicted molar refractivity (Wildman–Crippen MR) is 61.3 cm³/mol. The molecule has 1 rings (SSSR count). The number of hydrogen-bond donors (Lipinski definition) is 0. The van der Waals surface area contributed by atoms with Crippen LogP contribution in [0.25, 0.3) is 0 Å². The molecule has 0 aromatic heterocycles. The van der Waals surface area contributed by atoms with Gasteiger partial charge < -0.3 is 0 Å². The molecule has 0 saturated heterocycles. The van der Waals surface area contributed by atoms with Crippen LogP contribution in [0.15, 0.2) is 0 Å². The van der Waals surface area contributed by atoms with Gasteiger partial charge in [0, 0.05) is 0 Å². The van der Waals surface area contributed by atoms with Crippen LogP contribution in [0, 0.1) is 6.42 Å². The maximum Gasteiger partial charge on any atom is -0.0386 e. The Hall–Kier alpha value is 2.24. The van der Waals surface area contributed by atoms with Crippen LogP contribution in [-0.2, 0) is 0 Å². The first-order valence-electron chi connectivity index (χ1n) is 3.47. The van der Waals surface area contributed by atoms with E-state index in [0.717, 1.165) is 0 Å². The first-order chi connectivity index (χ1) is 4.73. The molecule has 0 bridgehead atoms. The summed E-state index contributed by atoms with van der Waals surface area (Å²) in [5, 5.41) is 0. The molecule has 0 aromatic carbocycles. The third-order valence-electron chi connectivity index (χ3n) is 1.32. The van der Waals surface area contributed by atoms with Gasteiger partial charge in [0.25, 0.3) is 0 Å².